The van der Waals surface area contributed by atoms with Crippen molar-refractivity contribution in [1.29, 1.82) is 0 Å². The van der Waals surface area contributed by atoms with E-state index in [0.717, 1.165) is 23.3 Å². The summed E-state index contributed by atoms with van der Waals surface area (Å²) in [6.07, 6.45) is 7.80. The number of carbonyl (C=O) groups is 1. The van der Waals surface area contributed by atoms with Gasteiger partial charge in [-0.15, -0.1) is 0 Å². The molecule has 0 saturated heterocycles. The summed E-state index contributed by atoms with van der Waals surface area (Å²) in [4.78, 5) is 11.3. The molecule has 3 N–H and O–H groups in total. The van der Waals surface area contributed by atoms with Crippen molar-refractivity contribution in [2.24, 2.45) is 17.8 Å². The van der Waals surface area contributed by atoms with E-state index in [0.29, 0.717) is 5.69 Å². The molecule has 0 radical (unpaired) electrons. The van der Waals surface area contributed by atoms with E-state index in [9.17, 15) is 9.90 Å². The molecule has 4 aliphatic rings. The third kappa shape index (κ3) is 1.62. The largest absolute Gasteiger partial charge is 0.478 e. The topological polar surface area (TPSA) is 63.3 Å². The van der Waals surface area contributed by atoms with Gasteiger partial charge in [-0.25, -0.2) is 4.79 Å². The second-order valence-electron chi connectivity index (χ2n) is 7.27. The van der Waals surface area contributed by atoms with Crippen LogP contribution in [0.3, 0.4) is 0 Å². The number of aromatic carboxylic acids is 1. The summed E-state index contributed by atoms with van der Waals surface area (Å²) >= 11 is 0. The molecule has 1 aromatic carbocycles. The maximum Gasteiger partial charge on any atom is 0.337 e. The molecule has 3 heteroatoms. The first-order valence-electron chi connectivity index (χ1n) is 7.70. The molecule has 106 valence electrons. The number of nitrogens with two attached hydrogens (primary N) is 1. The van der Waals surface area contributed by atoms with E-state index < -0.39 is 5.97 Å². The molecule has 4 bridgehead atoms. The van der Waals surface area contributed by atoms with Crippen LogP contribution < -0.4 is 5.73 Å². The van der Waals surface area contributed by atoms with Crippen LogP contribution in [-0.2, 0) is 5.41 Å². The Morgan fingerprint density at radius 3 is 2.15 bits per heavy atom. The highest BCUT2D eigenvalue weighted by atomic mass is 16.4. The van der Waals surface area contributed by atoms with Gasteiger partial charge in [0.2, 0.25) is 0 Å². The summed E-state index contributed by atoms with van der Waals surface area (Å²) in [5, 5.41) is 9.29. The number of carboxylic acid groups (broad SMARTS) is 1. The summed E-state index contributed by atoms with van der Waals surface area (Å²) in [7, 11) is 0. The van der Waals surface area contributed by atoms with Crippen LogP contribution in [0.1, 0.15) is 54.4 Å². The maximum atomic E-state index is 11.3. The second kappa shape index (κ2) is 4.00. The zero-order valence-corrected chi connectivity index (χ0v) is 11.6. The van der Waals surface area contributed by atoms with Crippen molar-refractivity contribution in [3.05, 3.63) is 29.3 Å². The first kappa shape index (κ1) is 12.2. The van der Waals surface area contributed by atoms with Crippen LogP contribution >= 0.6 is 0 Å². The fraction of sp³-hybridized carbons (Fsp3) is 0.588. The van der Waals surface area contributed by atoms with E-state index in [-0.39, 0.29) is 11.0 Å². The van der Waals surface area contributed by atoms with E-state index in [2.05, 4.69) is 6.07 Å². The van der Waals surface area contributed by atoms with Crippen LogP contribution in [0.15, 0.2) is 18.2 Å². The Morgan fingerprint density at radius 2 is 1.65 bits per heavy atom. The van der Waals surface area contributed by atoms with Crippen LogP contribution in [-0.4, -0.2) is 11.1 Å². The predicted molar refractivity (Wildman–Crippen MR) is 77.7 cm³/mol. The van der Waals surface area contributed by atoms with E-state index in [1.807, 2.05) is 6.07 Å². The Kier molecular flexibility index (Phi) is 2.45. The summed E-state index contributed by atoms with van der Waals surface area (Å²) in [6, 6.07) is 5.57. The standard InChI is InChI=1S/C17H21NO2/c18-15-13(16(19)20)2-1-3-14(15)17-7-10-4-11(8-17)6-12(5-10)9-17/h1-3,10-12H,4-9,18H2,(H,19,20). The molecule has 0 aliphatic heterocycles. The lowest BCUT2D eigenvalue weighted by Gasteiger charge is -2.57. The summed E-state index contributed by atoms with van der Waals surface area (Å²) in [5.41, 5.74) is 8.31. The monoisotopic (exact) mass is 271 g/mol. The van der Waals surface area contributed by atoms with Crippen molar-refractivity contribution in [3.63, 3.8) is 0 Å². The fourth-order valence-electron chi connectivity index (χ4n) is 5.65. The van der Waals surface area contributed by atoms with Gasteiger partial charge in [0.1, 0.15) is 0 Å². The van der Waals surface area contributed by atoms with Gasteiger partial charge in [0.15, 0.2) is 0 Å². The number of benzene rings is 1. The number of para-hydroxylation sites is 1. The van der Waals surface area contributed by atoms with Gasteiger partial charge >= 0.3 is 5.97 Å². The minimum atomic E-state index is -0.908. The first-order valence-corrected chi connectivity index (χ1v) is 7.70. The molecule has 0 atom stereocenters. The van der Waals surface area contributed by atoms with Crippen molar-refractivity contribution in [3.8, 4) is 0 Å². The third-order valence-corrected chi connectivity index (χ3v) is 5.95. The van der Waals surface area contributed by atoms with E-state index in [1.165, 1.54) is 38.5 Å². The molecule has 0 heterocycles. The Hall–Kier alpha value is -1.51. The molecule has 20 heavy (non-hydrogen) atoms. The minimum absolute atomic E-state index is 0.171. The highest BCUT2D eigenvalue weighted by Crippen LogP contribution is 2.61. The van der Waals surface area contributed by atoms with Crippen molar-refractivity contribution in [1.82, 2.24) is 0 Å². The van der Waals surface area contributed by atoms with Gasteiger partial charge in [0.25, 0.3) is 0 Å². The molecule has 0 amide bonds. The minimum Gasteiger partial charge on any atom is -0.478 e. The van der Waals surface area contributed by atoms with Gasteiger partial charge in [-0.2, -0.15) is 0 Å². The van der Waals surface area contributed by atoms with Gasteiger partial charge in [0.05, 0.1) is 5.56 Å². The Bertz CT molecular complexity index is 543. The van der Waals surface area contributed by atoms with Gasteiger partial charge in [-0.3, -0.25) is 0 Å². The molecular weight excluding hydrogens is 250 g/mol. The molecule has 0 aromatic heterocycles. The lowest BCUT2D eigenvalue weighted by atomic mass is 9.48. The number of carboxylic acids is 1. The second-order valence-corrected chi connectivity index (χ2v) is 7.27. The Balaban J connectivity index is 1.81. The highest BCUT2D eigenvalue weighted by molar-refractivity contribution is 5.94. The molecule has 4 saturated carbocycles. The average molecular weight is 271 g/mol. The molecule has 5 rings (SSSR count). The predicted octanol–water partition coefficient (Wildman–Crippen LogP) is 3.43. The fourth-order valence-corrected chi connectivity index (χ4v) is 5.65. The zero-order valence-electron chi connectivity index (χ0n) is 11.6. The number of hydrogen-bond acceptors (Lipinski definition) is 2. The Labute approximate surface area is 119 Å². The lowest BCUT2D eigenvalue weighted by Crippen LogP contribution is -2.48. The first-order chi connectivity index (χ1) is 9.57. The molecule has 3 nitrogen and oxygen atoms in total. The third-order valence-electron chi connectivity index (χ3n) is 5.95. The van der Waals surface area contributed by atoms with Gasteiger partial charge < -0.3 is 10.8 Å². The number of nitrogen functional groups attached to an aromatic ring is 1. The summed E-state index contributed by atoms with van der Waals surface area (Å²) in [5.74, 6) is 1.62. The van der Waals surface area contributed by atoms with E-state index in [4.69, 9.17) is 5.73 Å². The van der Waals surface area contributed by atoms with Crippen molar-refractivity contribution < 1.29 is 9.90 Å². The molecular formula is C17H21NO2. The van der Waals surface area contributed by atoms with Gasteiger partial charge in [0, 0.05) is 5.69 Å². The van der Waals surface area contributed by atoms with Crippen LogP contribution in [0, 0.1) is 17.8 Å². The lowest BCUT2D eigenvalue weighted by molar-refractivity contribution is -0.00485. The maximum absolute atomic E-state index is 11.3. The molecule has 4 aliphatic carbocycles. The van der Waals surface area contributed by atoms with Crippen LogP contribution in [0.5, 0.6) is 0 Å². The van der Waals surface area contributed by atoms with E-state index >= 15 is 0 Å². The average Bonchev–Trinajstić information content (AvgIpc) is 2.36. The number of anilines is 1. The van der Waals surface area contributed by atoms with Crippen LogP contribution in [0.4, 0.5) is 5.69 Å². The zero-order chi connectivity index (χ0) is 13.9. The number of rotatable bonds is 2. The quantitative estimate of drug-likeness (QED) is 0.810. The molecule has 1 aromatic rings. The van der Waals surface area contributed by atoms with Crippen molar-refractivity contribution >= 4 is 11.7 Å². The van der Waals surface area contributed by atoms with Crippen molar-refractivity contribution in [2.75, 3.05) is 5.73 Å². The van der Waals surface area contributed by atoms with E-state index in [1.54, 1.807) is 6.07 Å². The van der Waals surface area contributed by atoms with Gasteiger partial charge in [-0.1, -0.05) is 12.1 Å². The van der Waals surface area contributed by atoms with Crippen molar-refractivity contribution in [2.45, 2.75) is 43.9 Å². The normalized spacial score (nSPS) is 38.1. The Morgan fingerprint density at radius 1 is 1.10 bits per heavy atom. The molecule has 4 fully saturated rings. The SMILES string of the molecule is Nc1c(C(=O)O)cccc1C12CC3CC(CC(C3)C1)C2. The summed E-state index contributed by atoms with van der Waals surface area (Å²) < 4.78 is 0. The number of hydrogen-bond donors (Lipinski definition) is 2. The smallest absolute Gasteiger partial charge is 0.337 e. The molecule has 0 spiro atoms. The van der Waals surface area contributed by atoms with Crippen LogP contribution in [0.25, 0.3) is 0 Å². The molecule has 0 unspecified atom stereocenters. The van der Waals surface area contributed by atoms with Gasteiger partial charge in [-0.05, 0) is 73.3 Å². The van der Waals surface area contributed by atoms with Crippen LogP contribution in [0.2, 0.25) is 0 Å². The highest BCUT2D eigenvalue weighted by Gasteiger charge is 2.52. The summed E-state index contributed by atoms with van der Waals surface area (Å²) in [6.45, 7) is 0.